The number of hydrogen-bond acceptors (Lipinski definition) is 7. The second kappa shape index (κ2) is 12.7. The molecule has 1 amide bonds. The van der Waals surface area contributed by atoms with Crippen molar-refractivity contribution in [1.82, 2.24) is 14.4 Å². The van der Waals surface area contributed by atoms with E-state index in [1.54, 1.807) is 9.47 Å². The summed E-state index contributed by atoms with van der Waals surface area (Å²) >= 11 is 6.87. The number of rotatable bonds is 10. The van der Waals surface area contributed by atoms with E-state index in [1.807, 2.05) is 19.9 Å². The largest absolute Gasteiger partial charge is 0.355 e. The Kier molecular flexibility index (Phi) is 9.96. The van der Waals surface area contributed by atoms with Crippen LogP contribution < -0.4 is 10.5 Å². The van der Waals surface area contributed by atoms with E-state index in [1.165, 1.54) is 31.0 Å². The zero-order chi connectivity index (χ0) is 25.5. The van der Waals surface area contributed by atoms with Crippen molar-refractivity contribution >= 4 is 46.1 Å². The number of pyridine rings is 1. The molecule has 0 bridgehead atoms. The van der Waals surface area contributed by atoms with Crippen LogP contribution in [0.15, 0.2) is 9.70 Å². The normalized spacial score (nSPS) is 18.1. The van der Waals surface area contributed by atoms with E-state index in [-0.39, 0.29) is 17.0 Å². The molecule has 0 aliphatic carbocycles. The molecule has 0 atom stereocenters. The van der Waals surface area contributed by atoms with Crippen molar-refractivity contribution in [1.29, 1.82) is 5.26 Å². The number of thioether (sulfide) groups is 1. The SMILES string of the molecule is CCCCCCCN1C(=O)C(=Cc2c(C)c(C#N)c(=O)n(CCC)c2N2CCN(C)CC2)SC1=S. The Hall–Kier alpha value is -2.15. The number of hydrogen-bond donors (Lipinski definition) is 0. The average Bonchev–Trinajstić information content (AvgIpc) is 3.10. The second-order valence-corrected chi connectivity index (χ2v) is 11.0. The summed E-state index contributed by atoms with van der Waals surface area (Å²) in [5, 5.41) is 9.80. The average molecular weight is 516 g/mol. The monoisotopic (exact) mass is 515 g/mol. The minimum absolute atomic E-state index is 0.0778. The Balaban J connectivity index is 2.02. The molecule has 2 saturated heterocycles. The maximum atomic E-state index is 13.3. The second-order valence-electron chi connectivity index (χ2n) is 9.34. The van der Waals surface area contributed by atoms with Crippen LogP contribution in [-0.2, 0) is 11.3 Å². The lowest BCUT2D eigenvalue weighted by Gasteiger charge is -2.36. The van der Waals surface area contributed by atoms with Gasteiger partial charge < -0.3 is 9.80 Å². The van der Waals surface area contributed by atoms with E-state index in [2.05, 4.69) is 29.8 Å². The lowest BCUT2D eigenvalue weighted by Crippen LogP contribution is -2.47. The van der Waals surface area contributed by atoms with Crippen molar-refractivity contribution < 1.29 is 4.79 Å². The number of amides is 1. The van der Waals surface area contributed by atoms with Gasteiger partial charge >= 0.3 is 0 Å². The van der Waals surface area contributed by atoms with Gasteiger partial charge in [-0.2, -0.15) is 5.26 Å². The van der Waals surface area contributed by atoms with Crippen LogP contribution in [0.1, 0.15) is 69.1 Å². The molecule has 190 valence electrons. The molecule has 3 heterocycles. The third kappa shape index (κ3) is 6.16. The van der Waals surface area contributed by atoms with Crippen molar-refractivity contribution in [3.8, 4) is 6.07 Å². The molecule has 35 heavy (non-hydrogen) atoms. The smallest absolute Gasteiger partial charge is 0.270 e. The number of carbonyl (C=O) groups excluding carboxylic acids is 1. The summed E-state index contributed by atoms with van der Waals surface area (Å²) in [5.41, 5.74) is 1.30. The van der Waals surface area contributed by atoms with Crippen LogP contribution >= 0.6 is 24.0 Å². The molecule has 2 fully saturated rings. The Labute approximate surface area is 218 Å². The first-order chi connectivity index (χ1) is 16.8. The summed E-state index contributed by atoms with van der Waals surface area (Å²) in [6.07, 6.45) is 8.23. The van der Waals surface area contributed by atoms with Crippen LogP contribution in [0.5, 0.6) is 0 Å². The summed E-state index contributed by atoms with van der Waals surface area (Å²) in [7, 11) is 2.09. The molecular formula is C26H37N5O2S2. The molecule has 0 N–H and O–H groups in total. The zero-order valence-electron chi connectivity index (χ0n) is 21.4. The first-order valence-electron chi connectivity index (χ1n) is 12.7. The van der Waals surface area contributed by atoms with Gasteiger partial charge in [-0.25, -0.2) is 0 Å². The van der Waals surface area contributed by atoms with Gasteiger partial charge in [0.05, 0.1) is 4.91 Å². The molecular weight excluding hydrogens is 478 g/mol. The molecule has 2 aliphatic rings. The third-order valence-corrected chi connectivity index (χ3v) is 8.11. The maximum Gasteiger partial charge on any atom is 0.270 e. The summed E-state index contributed by atoms with van der Waals surface area (Å²) < 4.78 is 2.31. The molecule has 0 unspecified atom stereocenters. The van der Waals surface area contributed by atoms with Crippen molar-refractivity contribution in [2.24, 2.45) is 0 Å². The standard InChI is InChI=1S/C26H37N5O2S2/c1-5-7-8-9-10-12-31-25(33)22(35-26(31)34)17-20-19(3)21(18-27)24(32)30(11-6-2)23(20)29-15-13-28(4)14-16-29/h17H,5-16H2,1-4H3. The number of thiocarbonyl (C=S) groups is 1. The number of carbonyl (C=O) groups is 1. The topological polar surface area (TPSA) is 72.6 Å². The first kappa shape index (κ1) is 27.4. The fourth-order valence-corrected chi connectivity index (χ4v) is 5.92. The fourth-order valence-electron chi connectivity index (χ4n) is 4.63. The Morgan fingerprint density at radius 1 is 1.03 bits per heavy atom. The van der Waals surface area contributed by atoms with E-state index in [9.17, 15) is 14.9 Å². The van der Waals surface area contributed by atoms with Gasteiger partial charge in [-0.1, -0.05) is 63.5 Å². The van der Waals surface area contributed by atoms with Crippen LogP contribution in [0.2, 0.25) is 0 Å². The predicted molar refractivity (Wildman–Crippen MR) is 149 cm³/mol. The molecule has 0 radical (unpaired) electrons. The highest BCUT2D eigenvalue weighted by Gasteiger charge is 2.33. The summed E-state index contributed by atoms with van der Waals surface area (Å²) in [5.74, 6) is 0.734. The van der Waals surface area contributed by atoms with Crippen LogP contribution in [0.4, 0.5) is 5.82 Å². The van der Waals surface area contributed by atoms with Crippen LogP contribution in [0.25, 0.3) is 6.08 Å². The van der Waals surface area contributed by atoms with E-state index in [0.29, 0.717) is 27.9 Å². The predicted octanol–water partition coefficient (Wildman–Crippen LogP) is 4.36. The quantitative estimate of drug-likeness (QED) is 0.260. The maximum absolute atomic E-state index is 13.3. The molecule has 0 spiro atoms. The fraction of sp³-hybridized carbons (Fsp3) is 0.615. The highest BCUT2D eigenvalue weighted by atomic mass is 32.2. The number of unbranched alkanes of at least 4 members (excludes halogenated alkanes) is 4. The lowest BCUT2D eigenvalue weighted by molar-refractivity contribution is -0.122. The van der Waals surface area contributed by atoms with Gasteiger partial charge in [0.25, 0.3) is 11.5 Å². The van der Waals surface area contributed by atoms with E-state index in [0.717, 1.165) is 56.8 Å². The molecule has 2 aliphatic heterocycles. The number of piperazine rings is 1. The van der Waals surface area contributed by atoms with Crippen LogP contribution in [0, 0.1) is 18.3 Å². The van der Waals surface area contributed by atoms with Crippen molar-refractivity contribution in [3.63, 3.8) is 0 Å². The van der Waals surface area contributed by atoms with Gasteiger partial charge in [-0.15, -0.1) is 0 Å². The first-order valence-corrected chi connectivity index (χ1v) is 13.9. The number of likely N-dealkylation sites (N-methyl/N-ethyl adjacent to an activating group) is 1. The van der Waals surface area contributed by atoms with Gasteiger partial charge in [0.15, 0.2) is 0 Å². The zero-order valence-corrected chi connectivity index (χ0v) is 23.1. The van der Waals surface area contributed by atoms with Gasteiger partial charge in [-0.05, 0) is 38.5 Å². The van der Waals surface area contributed by atoms with Crippen LogP contribution in [0.3, 0.4) is 0 Å². The van der Waals surface area contributed by atoms with E-state index < -0.39 is 0 Å². The Morgan fingerprint density at radius 2 is 1.71 bits per heavy atom. The number of nitrogens with zero attached hydrogens (tertiary/aromatic N) is 5. The van der Waals surface area contributed by atoms with E-state index in [4.69, 9.17) is 12.2 Å². The number of aromatic nitrogens is 1. The summed E-state index contributed by atoms with van der Waals surface area (Å²) in [6.45, 7) is 10.5. The van der Waals surface area contributed by atoms with Gasteiger partial charge in [-0.3, -0.25) is 19.1 Å². The van der Waals surface area contributed by atoms with Gasteiger partial charge in [0.1, 0.15) is 21.8 Å². The molecule has 3 rings (SSSR count). The Bertz CT molecular complexity index is 1080. The summed E-state index contributed by atoms with van der Waals surface area (Å²) in [4.78, 5) is 33.3. The minimum atomic E-state index is -0.252. The Morgan fingerprint density at radius 3 is 2.34 bits per heavy atom. The summed E-state index contributed by atoms with van der Waals surface area (Å²) in [6, 6.07) is 2.12. The molecule has 7 nitrogen and oxygen atoms in total. The molecule has 9 heteroatoms. The number of nitriles is 1. The molecule has 1 aromatic rings. The molecule has 1 aromatic heterocycles. The van der Waals surface area contributed by atoms with Crippen molar-refractivity contribution in [2.75, 3.05) is 44.7 Å². The van der Waals surface area contributed by atoms with Crippen molar-refractivity contribution in [2.45, 2.75) is 65.8 Å². The molecule has 0 aromatic carbocycles. The van der Waals surface area contributed by atoms with Crippen molar-refractivity contribution in [3.05, 3.63) is 31.9 Å². The minimum Gasteiger partial charge on any atom is -0.355 e. The lowest BCUT2D eigenvalue weighted by atomic mass is 10.0. The highest BCUT2D eigenvalue weighted by molar-refractivity contribution is 8.26. The third-order valence-electron chi connectivity index (χ3n) is 6.73. The highest BCUT2D eigenvalue weighted by Crippen LogP contribution is 2.36. The van der Waals surface area contributed by atoms with Crippen LogP contribution in [-0.4, -0.2) is 64.4 Å². The molecule has 0 saturated carbocycles. The van der Waals surface area contributed by atoms with Gasteiger partial charge in [0.2, 0.25) is 0 Å². The van der Waals surface area contributed by atoms with E-state index >= 15 is 0 Å². The number of anilines is 1. The van der Waals surface area contributed by atoms with Gasteiger partial charge in [0, 0.05) is 44.8 Å².